The minimum atomic E-state index is 0.00946. The van der Waals surface area contributed by atoms with E-state index in [1.54, 1.807) is 14.2 Å². The third kappa shape index (κ3) is 2.76. The number of ether oxygens (including phenoxy) is 3. The molecule has 2 aliphatic rings. The third-order valence-electron chi connectivity index (χ3n) is 6.62. The van der Waals surface area contributed by atoms with E-state index in [1.165, 1.54) is 11.1 Å². The molecular formula is C26H24N2O4. The van der Waals surface area contributed by atoms with Gasteiger partial charge in [-0.25, -0.2) is 0 Å². The zero-order chi connectivity index (χ0) is 21.8. The van der Waals surface area contributed by atoms with Crippen LogP contribution in [0.25, 0.3) is 32.9 Å². The lowest BCUT2D eigenvalue weighted by Crippen LogP contribution is -2.13. The molecule has 2 heterocycles. The average molecular weight is 428 g/mol. The first-order chi connectivity index (χ1) is 15.7. The summed E-state index contributed by atoms with van der Waals surface area (Å²) in [7, 11) is 3.35. The largest absolute Gasteiger partial charge is 0.497 e. The summed E-state index contributed by atoms with van der Waals surface area (Å²) >= 11 is 0. The van der Waals surface area contributed by atoms with Crippen LogP contribution in [-0.4, -0.2) is 38.3 Å². The number of rotatable bonds is 6. The number of amides is 1. The van der Waals surface area contributed by atoms with Crippen LogP contribution in [-0.2, 0) is 29.0 Å². The predicted octanol–water partition coefficient (Wildman–Crippen LogP) is 4.31. The number of hydrogen-bond donors (Lipinski definition) is 2. The van der Waals surface area contributed by atoms with Crippen LogP contribution in [0.5, 0.6) is 5.75 Å². The number of hydrogen-bond acceptors (Lipinski definition) is 4. The molecular weight excluding hydrogens is 404 g/mol. The van der Waals surface area contributed by atoms with E-state index in [2.05, 4.69) is 40.6 Å². The van der Waals surface area contributed by atoms with Gasteiger partial charge in [0, 0.05) is 41.9 Å². The maximum absolute atomic E-state index is 13.0. The molecule has 1 amide bonds. The molecule has 3 aromatic carbocycles. The van der Waals surface area contributed by atoms with Crippen molar-refractivity contribution in [2.75, 3.05) is 27.4 Å². The van der Waals surface area contributed by atoms with Crippen LogP contribution < -0.4 is 10.1 Å². The van der Waals surface area contributed by atoms with Gasteiger partial charge in [0.1, 0.15) is 5.75 Å². The van der Waals surface area contributed by atoms with Gasteiger partial charge < -0.3 is 24.5 Å². The van der Waals surface area contributed by atoms with E-state index in [1.807, 2.05) is 6.07 Å². The highest BCUT2D eigenvalue weighted by atomic mass is 16.5. The molecule has 1 aliphatic carbocycles. The van der Waals surface area contributed by atoms with Gasteiger partial charge in [0.05, 0.1) is 38.0 Å². The molecule has 6 nitrogen and oxygen atoms in total. The molecule has 162 valence electrons. The van der Waals surface area contributed by atoms with Crippen LogP contribution in [0.2, 0.25) is 0 Å². The van der Waals surface area contributed by atoms with E-state index in [9.17, 15) is 4.79 Å². The van der Waals surface area contributed by atoms with Gasteiger partial charge in [-0.3, -0.25) is 4.79 Å². The molecule has 6 rings (SSSR count). The lowest BCUT2D eigenvalue weighted by Gasteiger charge is -2.10. The maximum atomic E-state index is 13.0. The van der Waals surface area contributed by atoms with Crippen LogP contribution in [0.1, 0.15) is 32.6 Å². The Balaban J connectivity index is 1.56. The smallest absolute Gasteiger partial charge is 0.252 e. The number of carbonyl (C=O) groups is 1. The molecule has 2 N–H and O–H groups in total. The summed E-state index contributed by atoms with van der Waals surface area (Å²) in [5.41, 5.74) is 9.77. The zero-order valence-corrected chi connectivity index (χ0v) is 18.1. The molecule has 0 saturated heterocycles. The van der Waals surface area contributed by atoms with Gasteiger partial charge in [0.2, 0.25) is 0 Å². The highest BCUT2D eigenvalue weighted by Crippen LogP contribution is 2.48. The fourth-order valence-corrected chi connectivity index (χ4v) is 5.19. The van der Waals surface area contributed by atoms with Crippen LogP contribution in [0.4, 0.5) is 0 Å². The normalized spacial score (nSPS) is 14.0. The summed E-state index contributed by atoms with van der Waals surface area (Å²) < 4.78 is 16.2. The van der Waals surface area contributed by atoms with E-state index < -0.39 is 0 Å². The highest BCUT2D eigenvalue weighted by Gasteiger charge is 2.34. The van der Waals surface area contributed by atoms with Crippen molar-refractivity contribution in [1.82, 2.24) is 10.3 Å². The molecule has 6 heteroatoms. The number of benzene rings is 3. The Kier molecular flexibility index (Phi) is 4.45. The van der Waals surface area contributed by atoms with Crippen molar-refractivity contribution in [3.63, 3.8) is 0 Å². The van der Waals surface area contributed by atoms with Crippen LogP contribution in [0, 0.1) is 0 Å². The predicted molar refractivity (Wildman–Crippen MR) is 123 cm³/mol. The Morgan fingerprint density at radius 1 is 1.00 bits per heavy atom. The first kappa shape index (κ1) is 19.3. The second-order valence-electron chi connectivity index (χ2n) is 8.39. The molecule has 0 bridgehead atoms. The quantitative estimate of drug-likeness (QED) is 0.396. The first-order valence-electron chi connectivity index (χ1n) is 10.8. The average Bonchev–Trinajstić information content (AvgIpc) is 3.48. The molecule has 4 aromatic rings. The van der Waals surface area contributed by atoms with Crippen molar-refractivity contribution in [3.8, 4) is 16.9 Å². The van der Waals surface area contributed by atoms with Crippen LogP contribution >= 0.6 is 0 Å². The lowest BCUT2D eigenvalue weighted by molar-refractivity contribution is 0.0617. The van der Waals surface area contributed by atoms with Crippen molar-refractivity contribution in [3.05, 3.63) is 64.2 Å². The zero-order valence-electron chi connectivity index (χ0n) is 18.1. The fourth-order valence-electron chi connectivity index (χ4n) is 5.19. The number of methoxy groups -OCH3 is 2. The van der Waals surface area contributed by atoms with E-state index in [4.69, 9.17) is 14.2 Å². The van der Waals surface area contributed by atoms with E-state index >= 15 is 0 Å². The topological polar surface area (TPSA) is 72.6 Å². The Bertz CT molecular complexity index is 1400. The minimum absolute atomic E-state index is 0.00946. The highest BCUT2D eigenvalue weighted by molar-refractivity contribution is 6.19. The number of H-pyrrole nitrogens is 1. The van der Waals surface area contributed by atoms with Crippen molar-refractivity contribution in [2.24, 2.45) is 0 Å². The molecule has 1 aromatic heterocycles. The third-order valence-corrected chi connectivity index (χ3v) is 6.62. The van der Waals surface area contributed by atoms with Gasteiger partial charge in [-0.2, -0.15) is 0 Å². The summed E-state index contributed by atoms with van der Waals surface area (Å²) in [6.45, 7) is 2.21. The van der Waals surface area contributed by atoms with E-state index in [0.717, 1.165) is 61.8 Å². The molecule has 0 atom stereocenters. The lowest BCUT2D eigenvalue weighted by atomic mass is 9.92. The second kappa shape index (κ2) is 7.36. The maximum Gasteiger partial charge on any atom is 0.252 e. The van der Waals surface area contributed by atoms with Gasteiger partial charge in [0.15, 0.2) is 0 Å². The van der Waals surface area contributed by atoms with Gasteiger partial charge in [-0.15, -0.1) is 0 Å². The molecule has 1 aliphatic heterocycles. The second-order valence-corrected chi connectivity index (χ2v) is 8.39. The number of aromatic nitrogens is 1. The summed E-state index contributed by atoms with van der Waals surface area (Å²) in [6, 6.07) is 12.5. The molecule has 0 unspecified atom stereocenters. The van der Waals surface area contributed by atoms with Crippen LogP contribution in [0.15, 0.2) is 36.4 Å². The summed E-state index contributed by atoms with van der Waals surface area (Å²) in [4.78, 5) is 16.6. The molecule has 0 saturated carbocycles. The van der Waals surface area contributed by atoms with Gasteiger partial charge in [-0.05, 0) is 52.1 Å². The van der Waals surface area contributed by atoms with Crippen molar-refractivity contribution >= 4 is 27.7 Å². The van der Waals surface area contributed by atoms with E-state index in [0.29, 0.717) is 26.4 Å². The Hall–Kier alpha value is -3.35. The Labute approximate surface area is 185 Å². The molecule has 0 radical (unpaired) electrons. The molecule has 0 spiro atoms. The van der Waals surface area contributed by atoms with Crippen molar-refractivity contribution < 1.29 is 19.0 Å². The van der Waals surface area contributed by atoms with Gasteiger partial charge in [-0.1, -0.05) is 12.1 Å². The van der Waals surface area contributed by atoms with E-state index in [-0.39, 0.29) is 5.91 Å². The summed E-state index contributed by atoms with van der Waals surface area (Å²) in [5, 5.41) is 5.34. The van der Waals surface area contributed by atoms with Gasteiger partial charge >= 0.3 is 0 Å². The monoisotopic (exact) mass is 428 g/mol. The molecule has 0 fully saturated rings. The number of aromatic amines is 1. The summed E-state index contributed by atoms with van der Waals surface area (Å²) in [5.74, 6) is 0.846. The van der Waals surface area contributed by atoms with Crippen molar-refractivity contribution in [1.29, 1.82) is 0 Å². The Morgan fingerprint density at radius 3 is 2.75 bits per heavy atom. The van der Waals surface area contributed by atoms with Crippen LogP contribution in [0.3, 0.4) is 0 Å². The number of nitrogens with one attached hydrogen (secondary N) is 2. The number of fused-ring (bicyclic) bond motifs is 10. The van der Waals surface area contributed by atoms with Crippen molar-refractivity contribution in [2.45, 2.75) is 19.6 Å². The Morgan fingerprint density at radius 2 is 1.91 bits per heavy atom. The standard InChI is InChI=1S/C26H24N2O4/c1-30-7-8-32-13-14-3-6-21-18(9-14)23-20-12-27-26(29)24(20)22-17-5-4-16(31-2)10-15(17)11-19(22)25(23)28-21/h3-6,9-10,28H,7-8,11-13H2,1-2H3,(H,27,29). The summed E-state index contributed by atoms with van der Waals surface area (Å²) in [6.07, 6.45) is 0.777. The SMILES string of the molecule is COCCOCc1ccc2[nH]c3c4c(c5c(c3c2c1)CNC5=O)-c1ccc(OC)cc1C4. The fraction of sp³-hybridized carbons (Fsp3) is 0.269. The molecule has 32 heavy (non-hydrogen) atoms. The number of carbonyl (C=O) groups excluding carboxylic acids is 1. The first-order valence-corrected chi connectivity index (χ1v) is 10.8. The minimum Gasteiger partial charge on any atom is -0.497 e. The van der Waals surface area contributed by atoms with Gasteiger partial charge in [0.25, 0.3) is 5.91 Å².